The average molecular weight is 504 g/mol. The number of aliphatic carboxylic acids is 1. The third-order valence-corrected chi connectivity index (χ3v) is 5.83. The Hall–Kier alpha value is -4.40. The summed E-state index contributed by atoms with van der Waals surface area (Å²) in [6, 6.07) is 17.9. The van der Waals surface area contributed by atoms with Crippen LogP contribution in [-0.2, 0) is 20.7 Å². The summed E-state index contributed by atoms with van der Waals surface area (Å²) < 4.78 is 10.7. The van der Waals surface area contributed by atoms with Crippen LogP contribution < -0.4 is 10.6 Å². The van der Waals surface area contributed by atoms with E-state index in [0.717, 1.165) is 22.3 Å². The Kier molecular flexibility index (Phi) is 7.42. The Bertz CT molecular complexity index is 1250. The summed E-state index contributed by atoms with van der Waals surface area (Å²) in [6.07, 6.45) is -0.0418. The monoisotopic (exact) mass is 503 g/mol. The highest BCUT2D eigenvalue weighted by molar-refractivity contribution is 5.84. The van der Waals surface area contributed by atoms with E-state index in [-0.39, 0.29) is 24.8 Å². The fourth-order valence-corrected chi connectivity index (χ4v) is 4.25. The first kappa shape index (κ1) is 25.7. The minimum absolute atomic E-state index is 0.0146. The molecule has 3 N–H and O–H groups in total. The van der Waals surface area contributed by atoms with Crippen LogP contribution in [0.2, 0.25) is 0 Å². The number of carboxylic acids is 1. The lowest BCUT2D eigenvalue weighted by Gasteiger charge is -2.19. The molecule has 9 nitrogen and oxygen atoms in total. The predicted octanol–water partition coefficient (Wildman–Crippen LogP) is 4.96. The molecule has 192 valence electrons. The minimum atomic E-state index is -1.22. The fourth-order valence-electron chi connectivity index (χ4n) is 4.25. The van der Waals surface area contributed by atoms with Crippen LogP contribution in [0.25, 0.3) is 11.1 Å². The molecule has 37 heavy (non-hydrogen) atoms. The number of carboxylic acid groups (broad SMARTS) is 1. The average Bonchev–Trinajstić information content (AvgIpc) is 3.16. The second-order valence-corrected chi connectivity index (χ2v) is 9.74. The van der Waals surface area contributed by atoms with Gasteiger partial charge in [0, 0.05) is 18.5 Å². The van der Waals surface area contributed by atoms with Crippen molar-refractivity contribution in [3.05, 3.63) is 83.6 Å². The minimum Gasteiger partial charge on any atom is -0.480 e. The molecule has 0 bridgehead atoms. The van der Waals surface area contributed by atoms with Crippen molar-refractivity contribution in [1.29, 1.82) is 0 Å². The zero-order valence-electron chi connectivity index (χ0n) is 20.9. The summed E-state index contributed by atoms with van der Waals surface area (Å²) in [7, 11) is 0. The van der Waals surface area contributed by atoms with E-state index < -0.39 is 29.8 Å². The number of nitrogens with one attached hydrogen (secondary N) is 2. The molecule has 0 radical (unpaired) electrons. The number of benzene rings is 2. The number of aromatic nitrogens is 1. The number of amides is 2. The molecule has 1 heterocycles. The first-order valence-corrected chi connectivity index (χ1v) is 11.9. The molecule has 0 aliphatic heterocycles. The molecule has 1 aliphatic rings. The Morgan fingerprint density at radius 2 is 1.57 bits per heavy atom. The molecule has 0 saturated heterocycles. The van der Waals surface area contributed by atoms with Gasteiger partial charge in [-0.05, 0) is 54.7 Å². The van der Waals surface area contributed by atoms with Gasteiger partial charge in [-0.1, -0.05) is 54.6 Å². The van der Waals surface area contributed by atoms with Crippen molar-refractivity contribution in [2.45, 2.75) is 44.8 Å². The lowest BCUT2D eigenvalue weighted by molar-refractivity contribution is -0.139. The Morgan fingerprint density at radius 1 is 0.946 bits per heavy atom. The number of rotatable bonds is 7. The van der Waals surface area contributed by atoms with E-state index in [9.17, 15) is 19.5 Å². The number of nitrogens with zero attached hydrogens (tertiary/aromatic N) is 1. The highest BCUT2D eigenvalue weighted by atomic mass is 16.6. The fraction of sp³-hybridized carbons (Fsp3) is 0.286. The molecule has 0 fully saturated rings. The van der Waals surface area contributed by atoms with Crippen LogP contribution in [0.1, 0.15) is 43.4 Å². The molecule has 3 aromatic rings. The van der Waals surface area contributed by atoms with Crippen molar-refractivity contribution in [3.63, 3.8) is 0 Å². The van der Waals surface area contributed by atoms with Gasteiger partial charge < -0.3 is 19.9 Å². The lowest BCUT2D eigenvalue weighted by Crippen LogP contribution is -2.42. The maximum Gasteiger partial charge on any atom is 0.413 e. The number of hydrogen-bond acceptors (Lipinski definition) is 6. The number of pyridine rings is 1. The molecule has 4 rings (SSSR count). The third-order valence-electron chi connectivity index (χ3n) is 5.83. The van der Waals surface area contributed by atoms with E-state index in [4.69, 9.17) is 9.47 Å². The van der Waals surface area contributed by atoms with Gasteiger partial charge in [0.25, 0.3) is 0 Å². The van der Waals surface area contributed by atoms with Crippen LogP contribution in [0.15, 0.2) is 66.9 Å². The van der Waals surface area contributed by atoms with E-state index in [1.54, 1.807) is 26.8 Å². The number of hydrogen-bond donors (Lipinski definition) is 3. The number of fused-ring (bicyclic) bond motifs is 3. The second-order valence-electron chi connectivity index (χ2n) is 9.74. The third kappa shape index (κ3) is 6.43. The summed E-state index contributed by atoms with van der Waals surface area (Å²) in [4.78, 5) is 40.4. The molecule has 9 heteroatoms. The van der Waals surface area contributed by atoms with Gasteiger partial charge in [-0.2, -0.15) is 0 Å². The van der Waals surface area contributed by atoms with Crippen molar-refractivity contribution in [2.24, 2.45) is 0 Å². The lowest BCUT2D eigenvalue weighted by atomic mass is 9.98. The molecule has 1 unspecified atom stereocenters. The topological polar surface area (TPSA) is 127 Å². The Morgan fingerprint density at radius 3 is 2.11 bits per heavy atom. The molecule has 0 spiro atoms. The zero-order valence-corrected chi connectivity index (χ0v) is 20.9. The highest BCUT2D eigenvalue weighted by Gasteiger charge is 2.30. The zero-order chi connectivity index (χ0) is 26.6. The molecule has 1 atom stereocenters. The van der Waals surface area contributed by atoms with Crippen LogP contribution in [0.4, 0.5) is 15.4 Å². The molecule has 2 aromatic carbocycles. The van der Waals surface area contributed by atoms with Crippen LogP contribution in [-0.4, -0.2) is 46.5 Å². The smallest absolute Gasteiger partial charge is 0.413 e. The maximum absolute atomic E-state index is 12.5. The predicted molar refractivity (Wildman–Crippen MR) is 137 cm³/mol. The quantitative estimate of drug-likeness (QED) is 0.416. The Labute approximate surface area is 214 Å². The first-order chi connectivity index (χ1) is 17.6. The number of anilines is 1. The second kappa shape index (κ2) is 10.7. The van der Waals surface area contributed by atoms with Gasteiger partial charge >= 0.3 is 18.2 Å². The summed E-state index contributed by atoms with van der Waals surface area (Å²) in [6.45, 7) is 5.33. The van der Waals surface area contributed by atoms with Crippen LogP contribution >= 0.6 is 0 Å². The molecular weight excluding hydrogens is 474 g/mol. The SMILES string of the molecule is CC(C)(C)OC(=O)Nc1ccc(CC(NC(=O)OCC2c3ccccc3-c3ccccc32)C(=O)O)cn1. The van der Waals surface area contributed by atoms with E-state index in [1.807, 2.05) is 48.5 Å². The number of alkyl carbamates (subject to hydrolysis) is 1. The van der Waals surface area contributed by atoms with Gasteiger partial charge in [-0.3, -0.25) is 5.32 Å². The van der Waals surface area contributed by atoms with Gasteiger partial charge in [0.1, 0.15) is 24.1 Å². The van der Waals surface area contributed by atoms with E-state index in [1.165, 1.54) is 12.3 Å². The van der Waals surface area contributed by atoms with E-state index >= 15 is 0 Å². The Balaban J connectivity index is 1.34. The van der Waals surface area contributed by atoms with E-state index in [0.29, 0.717) is 5.56 Å². The van der Waals surface area contributed by atoms with Gasteiger partial charge in [0.15, 0.2) is 0 Å². The summed E-state index contributed by atoms with van der Waals surface area (Å²) in [5, 5.41) is 14.6. The largest absolute Gasteiger partial charge is 0.480 e. The number of ether oxygens (including phenoxy) is 2. The maximum atomic E-state index is 12.5. The summed E-state index contributed by atoms with van der Waals surface area (Å²) in [5.41, 5.74) is 4.25. The summed E-state index contributed by atoms with van der Waals surface area (Å²) >= 11 is 0. The van der Waals surface area contributed by atoms with Crippen molar-refractivity contribution >= 4 is 24.0 Å². The van der Waals surface area contributed by atoms with Gasteiger partial charge in [0.2, 0.25) is 0 Å². The van der Waals surface area contributed by atoms with Crippen LogP contribution in [0, 0.1) is 0 Å². The van der Waals surface area contributed by atoms with E-state index in [2.05, 4.69) is 15.6 Å². The molecule has 1 aromatic heterocycles. The highest BCUT2D eigenvalue weighted by Crippen LogP contribution is 2.44. The van der Waals surface area contributed by atoms with Crippen molar-refractivity contribution in [1.82, 2.24) is 10.3 Å². The number of carbonyl (C=O) groups excluding carboxylic acids is 2. The van der Waals surface area contributed by atoms with Gasteiger partial charge in [-0.15, -0.1) is 0 Å². The first-order valence-electron chi connectivity index (χ1n) is 11.9. The van der Waals surface area contributed by atoms with Crippen molar-refractivity contribution < 1.29 is 29.0 Å². The van der Waals surface area contributed by atoms with Gasteiger partial charge in [0.05, 0.1) is 0 Å². The normalized spacial score (nSPS) is 13.2. The molecule has 1 aliphatic carbocycles. The van der Waals surface area contributed by atoms with Crippen LogP contribution in [0.5, 0.6) is 0 Å². The molecule has 2 amide bonds. The molecule has 0 saturated carbocycles. The van der Waals surface area contributed by atoms with Crippen LogP contribution in [0.3, 0.4) is 0 Å². The standard InChI is InChI=1S/C28H29N3O6/c1-28(2,3)37-27(35)31-24-13-12-17(15-29-24)14-23(25(32)33)30-26(34)36-16-22-20-10-6-4-8-18(20)19-9-5-7-11-21(19)22/h4-13,15,22-23H,14,16H2,1-3H3,(H,30,34)(H,32,33)(H,29,31,35). The number of carbonyl (C=O) groups is 3. The molecular formula is C28H29N3O6. The van der Waals surface area contributed by atoms with Gasteiger partial charge in [-0.25, -0.2) is 19.4 Å². The van der Waals surface area contributed by atoms with Crippen molar-refractivity contribution in [3.8, 4) is 11.1 Å². The van der Waals surface area contributed by atoms with Crippen molar-refractivity contribution in [2.75, 3.05) is 11.9 Å². The summed E-state index contributed by atoms with van der Waals surface area (Å²) in [5.74, 6) is -1.07.